The number of hydrogen-bond donors (Lipinski definition) is 2. The van der Waals surface area contributed by atoms with Gasteiger partial charge in [0.05, 0.1) is 0 Å². The lowest BCUT2D eigenvalue weighted by Gasteiger charge is -2.41. The second kappa shape index (κ2) is 7.70. The van der Waals surface area contributed by atoms with Crippen LogP contribution in [0.3, 0.4) is 0 Å². The Kier molecular flexibility index (Phi) is 6.91. The van der Waals surface area contributed by atoms with Crippen molar-refractivity contribution in [3.63, 3.8) is 0 Å². The summed E-state index contributed by atoms with van der Waals surface area (Å²) in [5.41, 5.74) is 0.560. The summed E-state index contributed by atoms with van der Waals surface area (Å²) in [5, 5.41) is 7.10. The fourth-order valence-electron chi connectivity index (χ4n) is 3.09. The monoisotopic (exact) mass is 379 g/mol. The summed E-state index contributed by atoms with van der Waals surface area (Å²) in [4.78, 5) is 4.35. The molecule has 0 aliphatic heterocycles. The molecule has 0 saturated heterocycles. The van der Waals surface area contributed by atoms with E-state index < -0.39 is 0 Å². The van der Waals surface area contributed by atoms with Gasteiger partial charge in [0.2, 0.25) is 0 Å². The third kappa shape index (κ3) is 4.50. The van der Waals surface area contributed by atoms with E-state index in [1.165, 1.54) is 44.9 Å². The minimum Gasteiger partial charge on any atom is -0.356 e. The molecule has 0 radical (unpaired) electrons. The average Bonchev–Trinajstić information content (AvgIpc) is 3.05. The van der Waals surface area contributed by atoms with Crippen LogP contribution >= 0.6 is 24.0 Å². The van der Waals surface area contributed by atoms with Crippen molar-refractivity contribution < 1.29 is 0 Å². The van der Waals surface area contributed by atoms with Gasteiger partial charge in [-0.25, -0.2) is 0 Å². The van der Waals surface area contributed by atoms with Gasteiger partial charge >= 0.3 is 0 Å². The maximum atomic E-state index is 4.35. The number of nitrogens with one attached hydrogen (secondary N) is 2. The molecule has 2 atom stereocenters. The SMILES string of the molecule is CCCC1CC1NC(=NC)NCC1(CC)CCC1.I. The molecule has 0 aromatic heterocycles. The number of halogens is 1. The van der Waals surface area contributed by atoms with Crippen molar-refractivity contribution in [2.24, 2.45) is 16.3 Å². The first-order valence-electron chi connectivity index (χ1n) is 7.70. The van der Waals surface area contributed by atoms with Crippen LogP contribution in [0, 0.1) is 11.3 Å². The average molecular weight is 379 g/mol. The zero-order valence-electron chi connectivity index (χ0n) is 12.7. The summed E-state index contributed by atoms with van der Waals surface area (Å²) in [7, 11) is 1.88. The molecule has 2 N–H and O–H groups in total. The van der Waals surface area contributed by atoms with Crippen LogP contribution in [0.2, 0.25) is 0 Å². The summed E-state index contributed by atoms with van der Waals surface area (Å²) in [5.74, 6) is 1.90. The zero-order valence-corrected chi connectivity index (χ0v) is 15.0. The highest BCUT2D eigenvalue weighted by Crippen LogP contribution is 2.43. The smallest absolute Gasteiger partial charge is 0.191 e. The predicted molar refractivity (Wildman–Crippen MR) is 93.3 cm³/mol. The van der Waals surface area contributed by atoms with Crippen molar-refractivity contribution in [2.45, 2.75) is 64.8 Å². The first-order chi connectivity index (χ1) is 8.73. The highest BCUT2D eigenvalue weighted by Gasteiger charge is 2.38. The van der Waals surface area contributed by atoms with Crippen LogP contribution in [-0.4, -0.2) is 25.6 Å². The van der Waals surface area contributed by atoms with Gasteiger partial charge < -0.3 is 10.6 Å². The predicted octanol–water partition coefficient (Wildman–Crippen LogP) is 3.54. The molecule has 0 amide bonds. The van der Waals surface area contributed by atoms with E-state index >= 15 is 0 Å². The van der Waals surface area contributed by atoms with Crippen molar-refractivity contribution in [3.8, 4) is 0 Å². The molecule has 2 rings (SSSR count). The molecule has 2 aliphatic rings. The molecule has 3 nitrogen and oxygen atoms in total. The third-order valence-electron chi connectivity index (χ3n) is 4.92. The van der Waals surface area contributed by atoms with Crippen molar-refractivity contribution in [2.75, 3.05) is 13.6 Å². The quantitative estimate of drug-likeness (QED) is 0.421. The summed E-state index contributed by atoms with van der Waals surface area (Å²) in [6.45, 7) is 5.67. The minimum absolute atomic E-state index is 0. The van der Waals surface area contributed by atoms with E-state index in [4.69, 9.17) is 0 Å². The molecular weight excluding hydrogens is 349 g/mol. The minimum atomic E-state index is 0. The van der Waals surface area contributed by atoms with E-state index in [9.17, 15) is 0 Å². The van der Waals surface area contributed by atoms with Crippen LogP contribution in [0.15, 0.2) is 4.99 Å². The molecular formula is C15H30IN3. The molecule has 0 aromatic carbocycles. The van der Waals surface area contributed by atoms with Gasteiger partial charge in [-0.05, 0) is 43.4 Å². The lowest BCUT2D eigenvalue weighted by atomic mass is 9.67. The van der Waals surface area contributed by atoms with Gasteiger partial charge in [0.15, 0.2) is 5.96 Å². The van der Waals surface area contributed by atoms with Gasteiger partial charge in [0, 0.05) is 19.6 Å². The maximum Gasteiger partial charge on any atom is 0.191 e. The number of hydrogen-bond acceptors (Lipinski definition) is 1. The van der Waals surface area contributed by atoms with Crippen molar-refractivity contribution in [3.05, 3.63) is 0 Å². The summed E-state index contributed by atoms with van der Waals surface area (Å²) in [6.07, 6.45) is 9.45. The highest BCUT2D eigenvalue weighted by atomic mass is 127. The van der Waals surface area contributed by atoms with Gasteiger partial charge in [-0.15, -0.1) is 24.0 Å². The normalized spacial score (nSPS) is 28.1. The van der Waals surface area contributed by atoms with E-state index in [0.717, 1.165) is 18.4 Å². The first kappa shape index (κ1) is 17.1. The molecule has 4 heteroatoms. The standard InChI is InChI=1S/C15H29N3.HI/c1-4-7-12-10-13(12)18-14(16-3)17-11-15(5-2)8-6-9-15;/h12-13H,4-11H2,1-3H3,(H2,16,17,18);1H. The van der Waals surface area contributed by atoms with Gasteiger partial charge in [0.1, 0.15) is 0 Å². The number of aliphatic imine (C=N–C) groups is 1. The van der Waals surface area contributed by atoms with Crippen LogP contribution in [0.5, 0.6) is 0 Å². The van der Waals surface area contributed by atoms with E-state index in [1.54, 1.807) is 0 Å². The summed E-state index contributed by atoms with van der Waals surface area (Å²) >= 11 is 0. The van der Waals surface area contributed by atoms with Crippen molar-refractivity contribution in [1.82, 2.24) is 10.6 Å². The molecule has 0 aromatic rings. The van der Waals surface area contributed by atoms with Crippen LogP contribution < -0.4 is 10.6 Å². The highest BCUT2D eigenvalue weighted by molar-refractivity contribution is 14.0. The number of guanidine groups is 1. The Morgan fingerprint density at radius 2 is 2.05 bits per heavy atom. The van der Waals surface area contributed by atoms with E-state index in [1.807, 2.05) is 7.05 Å². The summed E-state index contributed by atoms with van der Waals surface area (Å²) < 4.78 is 0. The van der Waals surface area contributed by atoms with Gasteiger partial charge in [0.25, 0.3) is 0 Å². The lowest BCUT2D eigenvalue weighted by molar-refractivity contribution is 0.131. The Hall–Kier alpha value is 0. The molecule has 2 unspecified atom stereocenters. The van der Waals surface area contributed by atoms with Crippen molar-refractivity contribution >= 4 is 29.9 Å². The molecule has 0 spiro atoms. The van der Waals surface area contributed by atoms with E-state index in [2.05, 4.69) is 29.5 Å². The Morgan fingerprint density at radius 1 is 1.32 bits per heavy atom. The summed E-state index contributed by atoms with van der Waals surface area (Å²) in [6, 6.07) is 0.676. The van der Waals surface area contributed by atoms with Gasteiger partial charge in [-0.1, -0.05) is 26.7 Å². The number of nitrogens with zero attached hydrogens (tertiary/aromatic N) is 1. The fraction of sp³-hybridized carbons (Fsp3) is 0.933. The molecule has 0 heterocycles. The Bertz CT molecular complexity index is 294. The second-order valence-corrected chi connectivity index (χ2v) is 6.17. The third-order valence-corrected chi connectivity index (χ3v) is 4.92. The zero-order chi connectivity index (χ0) is 13.0. The maximum absolute atomic E-state index is 4.35. The number of rotatable bonds is 6. The van der Waals surface area contributed by atoms with Crippen LogP contribution in [-0.2, 0) is 0 Å². The molecule has 2 saturated carbocycles. The van der Waals surface area contributed by atoms with Crippen LogP contribution in [0.1, 0.15) is 58.8 Å². The Balaban J connectivity index is 0.00000180. The van der Waals surface area contributed by atoms with E-state index in [0.29, 0.717) is 11.5 Å². The topological polar surface area (TPSA) is 36.4 Å². The van der Waals surface area contributed by atoms with E-state index in [-0.39, 0.29) is 24.0 Å². The largest absolute Gasteiger partial charge is 0.356 e. The molecule has 112 valence electrons. The van der Waals surface area contributed by atoms with Crippen LogP contribution in [0.4, 0.5) is 0 Å². The Labute approximate surface area is 135 Å². The second-order valence-electron chi connectivity index (χ2n) is 6.17. The molecule has 19 heavy (non-hydrogen) atoms. The molecule has 2 aliphatic carbocycles. The van der Waals surface area contributed by atoms with Gasteiger partial charge in [-0.3, -0.25) is 4.99 Å². The first-order valence-corrected chi connectivity index (χ1v) is 7.70. The Morgan fingerprint density at radius 3 is 2.53 bits per heavy atom. The lowest BCUT2D eigenvalue weighted by Crippen LogP contribution is -2.47. The van der Waals surface area contributed by atoms with Crippen molar-refractivity contribution in [1.29, 1.82) is 0 Å². The van der Waals surface area contributed by atoms with Gasteiger partial charge in [-0.2, -0.15) is 0 Å². The molecule has 2 fully saturated rings. The molecule has 0 bridgehead atoms. The van der Waals surface area contributed by atoms with Crippen LogP contribution in [0.25, 0.3) is 0 Å². The fourth-order valence-corrected chi connectivity index (χ4v) is 3.09.